The predicted octanol–water partition coefficient (Wildman–Crippen LogP) is 4.67. The SMILES string of the molecule is CC(=O)OC1CC2COCC(C1)C2=O.CC(=O)OC1CC2COCC(C1)C2N[C@@H]1CC[C@@](C(=O)N2CCc3ncc(C(F)(F)F)cc3C2)(C(C)C)C1. The Morgan fingerprint density at radius 1 is 0.962 bits per heavy atom. The quantitative estimate of drug-likeness (QED) is 0.411. The fourth-order valence-corrected chi connectivity index (χ4v) is 9.57. The Morgan fingerprint density at radius 2 is 1.56 bits per heavy atom. The fourth-order valence-electron chi connectivity index (χ4n) is 9.57. The third-order valence-electron chi connectivity index (χ3n) is 12.2. The summed E-state index contributed by atoms with van der Waals surface area (Å²) in [6, 6.07) is 1.58. The number of rotatable bonds is 6. The molecule has 6 atom stereocenters. The van der Waals surface area contributed by atoms with E-state index < -0.39 is 17.2 Å². The van der Waals surface area contributed by atoms with Crippen LogP contribution in [-0.2, 0) is 57.3 Å². The summed E-state index contributed by atoms with van der Waals surface area (Å²) < 4.78 is 61.6. The van der Waals surface area contributed by atoms with E-state index in [0.29, 0.717) is 75.7 Å². The van der Waals surface area contributed by atoms with E-state index in [-0.39, 0.29) is 78.3 Å². The summed E-state index contributed by atoms with van der Waals surface area (Å²) in [6.45, 7) is 9.90. The third kappa shape index (κ3) is 8.49. The number of ketones is 1. The number of aromatic nitrogens is 1. The Balaban J connectivity index is 0.000000276. The Morgan fingerprint density at radius 3 is 2.13 bits per heavy atom. The van der Waals surface area contributed by atoms with E-state index in [1.165, 1.54) is 13.8 Å². The number of carbonyl (C=O) groups is 4. The normalized spacial score (nSPS) is 34.2. The second kappa shape index (κ2) is 15.7. The lowest BCUT2D eigenvalue weighted by molar-refractivity contribution is -0.160. The second-order valence-corrected chi connectivity index (χ2v) is 16.0. The minimum atomic E-state index is -4.46. The molecule has 2 saturated heterocycles. The number of hydrogen-bond acceptors (Lipinski definition) is 10. The van der Waals surface area contributed by atoms with Crippen LogP contribution in [-0.4, -0.2) is 90.8 Å². The van der Waals surface area contributed by atoms with Gasteiger partial charge in [0.25, 0.3) is 0 Å². The molecule has 1 aromatic heterocycles. The Labute approximate surface area is 303 Å². The molecule has 14 heteroatoms. The molecule has 3 saturated carbocycles. The van der Waals surface area contributed by atoms with Crippen molar-refractivity contribution in [2.75, 3.05) is 33.0 Å². The van der Waals surface area contributed by atoms with Gasteiger partial charge in [-0.05, 0) is 62.5 Å². The maximum Gasteiger partial charge on any atom is 0.417 e. The number of carbonyl (C=O) groups excluding carboxylic acids is 4. The van der Waals surface area contributed by atoms with E-state index in [0.717, 1.165) is 37.9 Å². The molecule has 3 aliphatic heterocycles. The number of nitrogens with zero attached hydrogens (tertiary/aromatic N) is 2. The number of alkyl halides is 3. The number of Topliss-reactive ketones (excluding diaryl/α,β-unsaturated/α-hetero) is 1. The zero-order valence-electron chi connectivity index (χ0n) is 30.5. The molecular weight excluding hydrogens is 683 g/mol. The van der Waals surface area contributed by atoms with Gasteiger partial charge in [0.05, 0.1) is 37.4 Å². The van der Waals surface area contributed by atoms with Gasteiger partial charge in [-0.3, -0.25) is 24.2 Å². The fraction of sp³-hybridized carbons (Fsp3) is 0.763. The largest absolute Gasteiger partial charge is 0.463 e. The third-order valence-corrected chi connectivity index (χ3v) is 12.2. The van der Waals surface area contributed by atoms with Crippen molar-refractivity contribution in [2.24, 2.45) is 35.0 Å². The van der Waals surface area contributed by atoms with E-state index in [9.17, 15) is 32.3 Å². The van der Waals surface area contributed by atoms with Gasteiger partial charge in [0, 0.05) is 81.0 Å². The molecule has 1 amide bonds. The average molecular weight is 736 g/mol. The number of hydrogen-bond donors (Lipinski definition) is 1. The van der Waals surface area contributed by atoms with Gasteiger partial charge in [-0.15, -0.1) is 0 Å². The Hall–Kier alpha value is -3.10. The van der Waals surface area contributed by atoms with E-state index >= 15 is 0 Å². The van der Waals surface area contributed by atoms with Crippen LogP contribution in [0.15, 0.2) is 12.3 Å². The number of amides is 1. The molecule has 3 aliphatic carbocycles. The van der Waals surface area contributed by atoms with Crippen molar-refractivity contribution in [3.63, 3.8) is 0 Å². The van der Waals surface area contributed by atoms with Crippen LogP contribution in [0.3, 0.4) is 0 Å². The zero-order chi connectivity index (χ0) is 37.4. The van der Waals surface area contributed by atoms with Crippen LogP contribution in [0.4, 0.5) is 13.2 Å². The Bertz CT molecular complexity index is 1480. The van der Waals surface area contributed by atoms with Crippen LogP contribution in [0.5, 0.6) is 0 Å². The molecule has 1 aromatic rings. The lowest BCUT2D eigenvalue weighted by atomic mass is 9.73. The molecule has 6 aliphatic rings. The lowest BCUT2D eigenvalue weighted by Crippen LogP contribution is -2.57. The van der Waals surface area contributed by atoms with Gasteiger partial charge in [0.2, 0.25) is 5.91 Å². The van der Waals surface area contributed by atoms with Crippen molar-refractivity contribution in [3.05, 3.63) is 29.1 Å². The van der Waals surface area contributed by atoms with Crippen LogP contribution in [0.1, 0.15) is 89.5 Å². The number of esters is 2. The number of fused-ring (bicyclic) bond motifs is 5. The number of pyridine rings is 1. The number of halogens is 3. The van der Waals surface area contributed by atoms with Crippen LogP contribution in [0.2, 0.25) is 0 Å². The van der Waals surface area contributed by atoms with E-state index in [4.69, 9.17) is 18.9 Å². The second-order valence-electron chi connectivity index (χ2n) is 16.0. The first-order valence-electron chi connectivity index (χ1n) is 18.8. The van der Waals surface area contributed by atoms with Crippen LogP contribution in [0.25, 0.3) is 0 Å². The number of ether oxygens (including phenoxy) is 4. The highest BCUT2D eigenvalue weighted by molar-refractivity contribution is 5.85. The van der Waals surface area contributed by atoms with Crippen LogP contribution >= 0.6 is 0 Å². The summed E-state index contributed by atoms with van der Waals surface area (Å²) in [7, 11) is 0. The molecule has 4 bridgehead atoms. The molecule has 52 heavy (non-hydrogen) atoms. The molecule has 5 fully saturated rings. The molecule has 11 nitrogen and oxygen atoms in total. The smallest absolute Gasteiger partial charge is 0.417 e. The van der Waals surface area contributed by atoms with Gasteiger partial charge in [-0.2, -0.15) is 13.2 Å². The van der Waals surface area contributed by atoms with Gasteiger partial charge < -0.3 is 29.2 Å². The molecular formula is C38H52F3N3O8. The minimum Gasteiger partial charge on any atom is -0.463 e. The van der Waals surface area contributed by atoms with Crippen molar-refractivity contribution < 1.29 is 51.3 Å². The first-order valence-corrected chi connectivity index (χ1v) is 18.8. The van der Waals surface area contributed by atoms with Crippen molar-refractivity contribution >= 4 is 23.6 Å². The molecule has 7 rings (SSSR count). The first kappa shape index (κ1) is 38.6. The summed E-state index contributed by atoms with van der Waals surface area (Å²) in [5.74, 6) is 0.340. The van der Waals surface area contributed by atoms with Gasteiger partial charge in [0.1, 0.15) is 18.0 Å². The number of nitrogens with one attached hydrogen (secondary N) is 1. The van der Waals surface area contributed by atoms with Gasteiger partial charge >= 0.3 is 18.1 Å². The average Bonchev–Trinajstić information content (AvgIpc) is 3.49. The van der Waals surface area contributed by atoms with Gasteiger partial charge in [-0.1, -0.05) is 13.8 Å². The lowest BCUT2D eigenvalue weighted by Gasteiger charge is -2.46. The summed E-state index contributed by atoms with van der Waals surface area (Å²) in [6.07, 6.45) is 1.88. The summed E-state index contributed by atoms with van der Waals surface area (Å²) in [5.41, 5.74) is -0.189. The highest BCUT2D eigenvalue weighted by atomic mass is 19.4. The standard InChI is InChI=1S/C28H38F3N3O4.C10H14O4/c1-16(2)27(26(36)34-7-5-24-18(13-34)8-21(12-32-24)28(29,30)31)6-4-22(11-27)33-25-19-9-23(38-17(3)35)10-20(25)15-37-14-19;1-6(11)14-9-2-7-4-13-5-8(3-9)10(7)12/h8,12,16,19-20,22-23,25,33H,4-7,9-11,13-15H2,1-3H3;7-9H,2-5H2,1H3/t19?,20?,22-,23?,25?,27+;/m1./s1. The van der Waals surface area contributed by atoms with Crippen LogP contribution < -0.4 is 5.32 Å². The molecule has 288 valence electrons. The van der Waals surface area contributed by atoms with Crippen molar-refractivity contribution in [1.29, 1.82) is 0 Å². The van der Waals surface area contributed by atoms with E-state index in [1.807, 2.05) is 0 Å². The van der Waals surface area contributed by atoms with E-state index in [1.54, 1.807) is 4.90 Å². The first-order chi connectivity index (χ1) is 24.6. The predicted molar refractivity (Wildman–Crippen MR) is 180 cm³/mol. The van der Waals surface area contributed by atoms with Gasteiger partial charge in [0.15, 0.2) is 0 Å². The minimum absolute atomic E-state index is 0.0435. The highest BCUT2D eigenvalue weighted by Crippen LogP contribution is 2.48. The molecule has 4 unspecified atom stereocenters. The monoisotopic (exact) mass is 735 g/mol. The van der Waals surface area contributed by atoms with Gasteiger partial charge in [-0.25, -0.2) is 0 Å². The zero-order valence-corrected chi connectivity index (χ0v) is 30.5. The molecule has 4 heterocycles. The molecule has 0 spiro atoms. The maximum absolute atomic E-state index is 14.0. The van der Waals surface area contributed by atoms with Crippen molar-refractivity contribution in [3.8, 4) is 0 Å². The summed E-state index contributed by atoms with van der Waals surface area (Å²) >= 11 is 0. The van der Waals surface area contributed by atoms with Crippen molar-refractivity contribution in [1.82, 2.24) is 15.2 Å². The molecule has 1 N–H and O–H groups in total. The summed E-state index contributed by atoms with van der Waals surface area (Å²) in [5, 5.41) is 3.87. The summed E-state index contributed by atoms with van der Waals surface area (Å²) in [4.78, 5) is 53.7. The molecule has 0 aromatic carbocycles. The van der Waals surface area contributed by atoms with E-state index in [2.05, 4.69) is 24.1 Å². The van der Waals surface area contributed by atoms with Crippen LogP contribution in [0, 0.1) is 35.0 Å². The van der Waals surface area contributed by atoms with Crippen molar-refractivity contribution in [2.45, 2.75) is 116 Å². The highest BCUT2D eigenvalue weighted by Gasteiger charge is 2.51. The topological polar surface area (TPSA) is 133 Å². The maximum atomic E-state index is 14.0. The molecule has 0 radical (unpaired) electrons. The Kier molecular flexibility index (Phi) is 11.7.